The van der Waals surface area contributed by atoms with Gasteiger partial charge in [-0.25, -0.2) is 0 Å². The largest absolute Gasteiger partial charge is 0.496 e. The summed E-state index contributed by atoms with van der Waals surface area (Å²) in [6, 6.07) is 18.5. The Morgan fingerprint density at radius 3 is 2.57 bits per heavy atom. The van der Waals surface area contributed by atoms with Crippen molar-refractivity contribution >= 4 is 23.2 Å². The fraction of sp³-hybridized carbons (Fsp3) is 0.174. The fourth-order valence-corrected chi connectivity index (χ4v) is 2.94. The van der Waals surface area contributed by atoms with Crippen LogP contribution in [0.5, 0.6) is 11.5 Å². The van der Waals surface area contributed by atoms with Gasteiger partial charge in [-0.3, -0.25) is 4.79 Å². The Morgan fingerprint density at radius 1 is 1.04 bits per heavy atom. The molecule has 0 saturated heterocycles. The highest BCUT2D eigenvalue weighted by molar-refractivity contribution is 6.31. The highest BCUT2D eigenvalue weighted by Gasteiger charge is 2.12. The molecule has 144 valence electrons. The predicted octanol–water partition coefficient (Wildman–Crippen LogP) is 5.80. The molecule has 1 amide bonds. The highest BCUT2D eigenvalue weighted by Crippen LogP contribution is 2.25. The minimum atomic E-state index is -0.183. The van der Waals surface area contributed by atoms with Crippen molar-refractivity contribution in [2.75, 3.05) is 12.4 Å². The molecule has 0 saturated carbocycles. The SMILES string of the molecule is COc1ccc(C(=O)Nc2cccc(C)c2)cc1COc1ccc(Cl)c(C)c1. The van der Waals surface area contributed by atoms with Gasteiger partial charge in [-0.15, -0.1) is 0 Å². The van der Waals surface area contributed by atoms with Crippen molar-refractivity contribution in [1.82, 2.24) is 0 Å². The number of benzene rings is 3. The summed E-state index contributed by atoms with van der Waals surface area (Å²) >= 11 is 6.06. The molecule has 3 rings (SSSR count). The summed E-state index contributed by atoms with van der Waals surface area (Å²) in [6.07, 6.45) is 0. The number of aryl methyl sites for hydroxylation is 2. The number of halogens is 1. The van der Waals surface area contributed by atoms with Gasteiger partial charge in [0.25, 0.3) is 5.91 Å². The zero-order valence-corrected chi connectivity index (χ0v) is 16.8. The average Bonchev–Trinajstić information content (AvgIpc) is 2.68. The van der Waals surface area contributed by atoms with Gasteiger partial charge < -0.3 is 14.8 Å². The fourth-order valence-electron chi connectivity index (χ4n) is 2.83. The summed E-state index contributed by atoms with van der Waals surface area (Å²) in [7, 11) is 1.60. The lowest BCUT2D eigenvalue weighted by Crippen LogP contribution is -2.13. The molecule has 0 aliphatic rings. The zero-order chi connectivity index (χ0) is 20.1. The third kappa shape index (κ3) is 4.84. The lowest BCUT2D eigenvalue weighted by Gasteiger charge is -2.13. The minimum Gasteiger partial charge on any atom is -0.496 e. The van der Waals surface area contributed by atoms with E-state index < -0.39 is 0 Å². The van der Waals surface area contributed by atoms with Crippen molar-refractivity contribution < 1.29 is 14.3 Å². The zero-order valence-electron chi connectivity index (χ0n) is 16.1. The summed E-state index contributed by atoms with van der Waals surface area (Å²) in [5.74, 6) is 1.19. The molecule has 0 aromatic heterocycles. The van der Waals surface area contributed by atoms with Gasteiger partial charge in [0, 0.05) is 21.8 Å². The molecule has 0 bridgehead atoms. The van der Waals surface area contributed by atoms with Gasteiger partial charge in [0.05, 0.1) is 7.11 Å². The van der Waals surface area contributed by atoms with Crippen LogP contribution in [-0.4, -0.2) is 13.0 Å². The number of carbonyl (C=O) groups is 1. The van der Waals surface area contributed by atoms with Crippen LogP contribution in [0.1, 0.15) is 27.0 Å². The van der Waals surface area contributed by atoms with Gasteiger partial charge in [-0.05, 0) is 73.5 Å². The Hall–Kier alpha value is -2.98. The number of carbonyl (C=O) groups excluding carboxylic acids is 1. The van der Waals surface area contributed by atoms with Gasteiger partial charge in [-0.1, -0.05) is 23.7 Å². The number of rotatable bonds is 6. The molecule has 0 unspecified atom stereocenters. The first-order valence-electron chi connectivity index (χ1n) is 8.90. The summed E-state index contributed by atoms with van der Waals surface area (Å²) in [6.45, 7) is 4.18. The Bertz CT molecular complexity index is 1000. The van der Waals surface area contributed by atoms with Gasteiger partial charge in [0.2, 0.25) is 0 Å². The molecule has 4 nitrogen and oxygen atoms in total. The average molecular weight is 396 g/mol. The summed E-state index contributed by atoms with van der Waals surface area (Å²) in [4.78, 5) is 12.6. The topological polar surface area (TPSA) is 47.6 Å². The number of anilines is 1. The van der Waals surface area contributed by atoms with E-state index in [4.69, 9.17) is 21.1 Å². The first-order valence-corrected chi connectivity index (χ1v) is 9.28. The van der Waals surface area contributed by atoms with Gasteiger partial charge in [0.15, 0.2) is 0 Å². The molecular formula is C23H22ClNO3. The third-order valence-corrected chi connectivity index (χ3v) is 4.77. The smallest absolute Gasteiger partial charge is 0.255 e. The van der Waals surface area contributed by atoms with Crippen LogP contribution in [0.4, 0.5) is 5.69 Å². The maximum absolute atomic E-state index is 12.6. The van der Waals surface area contributed by atoms with Crippen LogP contribution < -0.4 is 14.8 Å². The van der Waals surface area contributed by atoms with Crippen molar-refractivity contribution in [3.8, 4) is 11.5 Å². The first-order chi connectivity index (χ1) is 13.5. The Morgan fingerprint density at radius 2 is 1.86 bits per heavy atom. The number of hydrogen-bond acceptors (Lipinski definition) is 3. The molecule has 0 aliphatic carbocycles. The normalized spacial score (nSPS) is 10.4. The van der Waals surface area contributed by atoms with Crippen molar-refractivity contribution in [2.24, 2.45) is 0 Å². The van der Waals surface area contributed by atoms with Crippen molar-refractivity contribution in [3.05, 3.63) is 87.9 Å². The molecule has 3 aromatic carbocycles. The Labute approximate surface area is 170 Å². The second-order valence-corrected chi connectivity index (χ2v) is 6.96. The molecule has 0 atom stereocenters. The summed E-state index contributed by atoms with van der Waals surface area (Å²) in [5, 5.41) is 3.61. The van der Waals surface area contributed by atoms with Crippen LogP contribution in [0.3, 0.4) is 0 Å². The van der Waals surface area contributed by atoms with Crippen LogP contribution >= 0.6 is 11.6 Å². The van der Waals surface area contributed by atoms with E-state index in [9.17, 15) is 4.79 Å². The van der Waals surface area contributed by atoms with Crippen LogP contribution in [0.2, 0.25) is 5.02 Å². The van der Waals surface area contributed by atoms with Crippen LogP contribution in [0, 0.1) is 13.8 Å². The Balaban J connectivity index is 1.77. The van der Waals surface area contributed by atoms with Crippen LogP contribution in [-0.2, 0) is 6.61 Å². The second-order valence-electron chi connectivity index (χ2n) is 6.55. The van der Waals surface area contributed by atoms with Crippen LogP contribution in [0.25, 0.3) is 0 Å². The van der Waals surface area contributed by atoms with Gasteiger partial charge in [-0.2, -0.15) is 0 Å². The predicted molar refractivity (Wildman–Crippen MR) is 113 cm³/mol. The highest BCUT2D eigenvalue weighted by atomic mass is 35.5. The molecule has 5 heteroatoms. The molecule has 0 aliphatic heterocycles. The monoisotopic (exact) mass is 395 g/mol. The summed E-state index contributed by atoms with van der Waals surface area (Å²) < 4.78 is 11.3. The van der Waals surface area contributed by atoms with E-state index >= 15 is 0 Å². The second kappa shape index (κ2) is 8.81. The van der Waals surface area contributed by atoms with E-state index in [-0.39, 0.29) is 12.5 Å². The van der Waals surface area contributed by atoms with Crippen molar-refractivity contribution in [1.29, 1.82) is 0 Å². The molecule has 0 heterocycles. The van der Waals surface area contributed by atoms with Crippen molar-refractivity contribution in [2.45, 2.75) is 20.5 Å². The van der Waals surface area contributed by atoms with E-state index in [2.05, 4.69) is 5.32 Å². The van der Waals surface area contributed by atoms with E-state index in [1.165, 1.54) is 0 Å². The van der Waals surface area contributed by atoms with E-state index in [0.29, 0.717) is 22.1 Å². The number of nitrogens with one attached hydrogen (secondary N) is 1. The van der Waals surface area contributed by atoms with Gasteiger partial charge >= 0.3 is 0 Å². The third-order valence-electron chi connectivity index (χ3n) is 4.34. The van der Waals surface area contributed by atoms with Crippen LogP contribution in [0.15, 0.2) is 60.7 Å². The Kier molecular flexibility index (Phi) is 6.22. The molecule has 0 radical (unpaired) electrons. The maximum atomic E-state index is 12.6. The molecule has 0 spiro atoms. The number of ether oxygens (including phenoxy) is 2. The quantitative estimate of drug-likeness (QED) is 0.574. The van der Waals surface area contributed by atoms with Gasteiger partial charge in [0.1, 0.15) is 18.1 Å². The number of amides is 1. The molecule has 1 N–H and O–H groups in total. The van der Waals surface area contributed by atoms with E-state index in [0.717, 1.165) is 22.4 Å². The van der Waals surface area contributed by atoms with E-state index in [1.54, 1.807) is 31.4 Å². The standard InChI is InChI=1S/C23H22ClNO3/c1-15-5-4-6-19(11-15)25-23(26)17-7-10-22(27-3)18(13-17)14-28-20-8-9-21(24)16(2)12-20/h4-13H,14H2,1-3H3,(H,25,26). The lowest BCUT2D eigenvalue weighted by molar-refractivity contribution is 0.102. The molecule has 0 fully saturated rings. The first kappa shape index (κ1) is 19.8. The lowest BCUT2D eigenvalue weighted by atomic mass is 10.1. The van der Waals surface area contributed by atoms with E-state index in [1.807, 2.05) is 50.2 Å². The number of hydrogen-bond donors (Lipinski definition) is 1. The van der Waals surface area contributed by atoms with Crippen molar-refractivity contribution in [3.63, 3.8) is 0 Å². The molecular weight excluding hydrogens is 374 g/mol. The summed E-state index contributed by atoms with van der Waals surface area (Å²) in [5.41, 5.74) is 4.10. The number of methoxy groups -OCH3 is 1. The maximum Gasteiger partial charge on any atom is 0.255 e. The molecule has 3 aromatic rings. The molecule has 28 heavy (non-hydrogen) atoms. The minimum absolute atomic E-state index is 0.183.